The van der Waals surface area contributed by atoms with Gasteiger partial charge in [-0.05, 0) is 56.4 Å². The Kier molecular flexibility index (Phi) is 6.78. The Hall–Kier alpha value is -6.91. The summed E-state index contributed by atoms with van der Waals surface area (Å²) in [5.41, 5.74) is 8.80. The van der Waals surface area contributed by atoms with E-state index in [1.807, 2.05) is 66.7 Å². The van der Waals surface area contributed by atoms with Gasteiger partial charge in [-0.3, -0.25) is 0 Å². The number of hydrogen-bond donors (Lipinski definition) is 0. The van der Waals surface area contributed by atoms with E-state index in [4.69, 9.17) is 19.4 Å². The minimum absolute atomic E-state index is 0.568. The lowest BCUT2D eigenvalue weighted by Crippen LogP contribution is -2.00. The summed E-state index contributed by atoms with van der Waals surface area (Å²) in [6.07, 6.45) is 0. The van der Waals surface area contributed by atoms with Gasteiger partial charge in [0.15, 0.2) is 17.5 Å². The zero-order valence-electron chi connectivity index (χ0n) is 27.5. The van der Waals surface area contributed by atoms with Crippen molar-refractivity contribution in [2.45, 2.75) is 0 Å². The van der Waals surface area contributed by atoms with Gasteiger partial charge in [0.2, 0.25) is 0 Å². The summed E-state index contributed by atoms with van der Waals surface area (Å²) >= 11 is 0. The summed E-state index contributed by atoms with van der Waals surface area (Å²) in [4.78, 5) is 15.0. The van der Waals surface area contributed by atoms with Gasteiger partial charge in [0, 0.05) is 27.5 Å². The van der Waals surface area contributed by atoms with Crippen LogP contribution in [0.1, 0.15) is 0 Å². The lowest BCUT2D eigenvalue weighted by Gasteiger charge is -2.10. The SMILES string of the molecule is c1ccc(-c2nc(-c3ccccc3)nc(-c3cccc4c3oc3c(-c5ccc(-c6ccc7ccccc7c6)cc5)c5ccccc5cc34)n2)cc1. The predicted molar refractivity (Wildman–Crippen MR) is 209 cm³/mol. The molecule has 0 unspecified atom stereocenters. The molecule has 2 aromatic heterocycles. The maximum absolute atomic E-state index is 6.99. The molecule has 4 nitrogen and oxygen atoms in total. The fourth-order valence-electron chi connectivity index (χ4n) is 7.19. The van der Waals surface area contributed by atoms with E-state index in [-0.39, 0.29) is 0 Å². The summed E-state index contributed by atoms with van der Waals surface area (Å²) < 4.78 is 6.99. The molecule has 0 saturated carbocycles. The van der Waals surface area contributed by atoms with E-state index in [1.165, 1.54) is 21.9 Å². The second kappa shape index (κ2) is 11.9. The van der Waals surface area contributed by atoms with Gasteiger partial charge in [0.1, 0.15) is 11.2 Å². The third kappa shape index (κ3) is 5.04. The van der Waals surface area contributed by atoms with Gasteiger partial charge in [-0.25, -0.2) is 15.0 Å². The Bertz CT molecular complexity index is 2840. The number of benzene rings is 8. The number of para-hydroxylation sites is 1. The third-order valence-electron chi connectivity index (χ3n) is 9.71. The molecule has 238 valence electrons. The molecule has 10 aromatic rings. The minimum Gasteiger partial charge on any atom is -0.455 e. The van der Waals surface area contributed by atoms with E-state index in [1.54, 1.807) is 0 Å². The molecule has 0 fully saturated rings. The van der Waals surface area contributed by atoms with E-state index in [0.717, 1.165) is 60.5 Å². The van der Waals surface area contributed by atoms with Crippen molar-refractivity contribution in [1.29, 1.82) is 0 Å². The molecule has 0 aliphatic rings. The van der Waals surface area contributed by atoms with Crippen molar-refractivity contribution in [3.8, 4) is 56.4 Å². The summed E-state index contributed by atoms with van der Waals surface area (Å²) in [5.74, 6) is 1.80. The molecular weight excluding hydrogens is 623 g/mol. The van der Waals surface area contributed by atoms with E-state index >= 15 is 0 Å². The number of nitrogens with zero attached hydrogens (tertiary/aromatic N) is 3. The van der Waals surface area contributed by atoms with Crippen molar-refractivity contribution in [2.24, 2.45) is 0 Å². The van der Waals surface area contributed by atoms with Gasteiger partial charge < -0.3 is 4.42 Å². The van der Waals surface area contributed by atoms with Gasteiger partial charge in [0.05, 0.1) is 5.56 Å². The van der Waals surface area contributed by atoms with E-state index in [2.05, 4.69) is 109 Å². The van der Waals surface area contributed by atoms with Crippen LogP contribution >= 0.6 is 0 Å². The number of furan rings is 1. The van der Waals surface area contributed by atoms with Crippen LogP contribution in [-0.2, 0) is 0 Å². The van der Waals surface area contributed by atoms with Crippen LogP contribution < -0.4 is 0 Å². The highest BCUT2D eigenvalue weighted by molar-refractivity contribution is 6.19. The predicted octanol–water partition coefficient (Wildman–Crippen LogP) is 12.4. The Labute approximate surface area is 294 Å². The van der Waals surface area contributed by atoms with Crippen LogP contribution in [0, 0.1) is 0 Å². The number of aromatic nitrogens is 3. The third-order valence-corrected chi connectivity index (χ3v) is 9.71. The average molecular weight is 652 g/mol. The second-order valence-electron chi connectivity index (χ2n) is 12.8. The minimum atomic E-state index is 0.568. The van der Waals surface area contributed by atoms with Gasteiger partial charge >= 0.3 is 0 Å². The molecule has 8 aromatic carbocycles. The van der Waals surface area contributed by atoms with Crippen LogP contribution in [0.4, 0.5) is 0 Å². The smallest absolute Gasteiger partial charge is 0.167 e. The molecule has 0 saturated heterocycles. The summed E-state index contributed by atoms with van der Waals surface area (Å²) in [5, 5.41) is 6.85. The van der Waals surface area contributed by atoms with Gasteiger partial charge in [-0.2, -0.15) is 0 Å². The largest absolute Gasteiger partial charge is 0.455 e. The first-order valence-corrected chi connectivity index (χ1v) is 17.1. The highest BCUT2D eigenvalue weighted by Crippen LogP contribution is 2.43. The molecule has 4 heteroatoms. The number of hydrogen-bond acceptors (Lipinski definition) is 4. The zero-order chi connectivity index (χ0) is 33.7. The molecule has 0 atom stereocenters. The molecule has 0 spiro atoms. The first-order valence-electron chi connectivity index (χ1n) is 17.1. The van der Waals surface area contributed by atoms with Gasteiger partial charge in [-0.15, -0.1) is 0 Å². The van der Waals surface area contributed by atoms with Crippen LogP contribution in [0.25, 0.3) is 99.9 Å². The molecule has 10 rings (SSSR count). The molecule has 0 radical (unpaired) electrons. The Morgan fingerprint density at radius 3 is 1.61 bits per heavy atom. The summed E-state index contributed by atoms with van der Waals surface area (Å²) in [7, 11) is 0. The van der Waals surface area contributed by atoms with Crippen LogP contribution in [0.2, 0.25) is 0 Å². The van der Waals surface area contributed by atoms with E-state index < -0.39 is 0 Å². The Balaban J connectivity index is 1.17. The highest BCUT2D eigenvalue weighted by atomic mass is 16.3. The number of rotatable bonds is 5. The molecule has 0 aliphatic heterocycles. The van der Waals surface area contributed by atoms with Crippen molar-refractivity contribution < 1.29 is 4.42 Å². The van der Waals surface area contributed by atoms with E-state index in [9.17, 15) is 0 Å². The molecule has 0 amide bonds. The zero-order valence-corrected chi connectivity index (χ0v) is 27.5. The topological polar surface area (TPSA) is 51.8 Å². The molecule has 0 bridgehead atoms. The van der Waals surface area contributed by atoms with E-state index in [0.29, 0.717) is 17.5 Å². The maximum atomic E-state index is 6.99. The molecule has 51 heavy (non-hydrogen) atoms. The number of fused-ring (bicyclic) bond motifs is 5. The van der Waals surface area contributed by atoms with Gasteiger partial charge in [-0.1, -0.05) is 158 Å². The monoisotopic (exact) mass is 651 g/mol. The standard InChI is InChI=1S/C47H29N3O/c1-3-13-33(14-4-1)45-48-46(34-15-5-2-6-16-34)50-47(49-45)40-21-11-20-39-41-29-37-18-9-10-19-38(37)42(44(41)51-43(39)40)32-25-22-31(23-26-32)36-27-24-30-12-7-8-17-35(30)28-36/h1-29H. The van der Waals surface area contributed by atoms with Gasteiger partial charge in [0.25, 0.3) is 0 Å². The maximum Gasteiger partial charge on any atom is 0.167 e. The lowest BCUT2D eigenvalue weighted by molar-refractivity contribution is 0.671. The van der Waals surface area contributed by atoms with Crippen LogP contribution in [0.5, 0.6) is 0 Å². The fraction of sp³-hybridized carbons (Fsp3) is 0. The molecule has 2 heterocycles. The van der Waals surface area contributed by atoms with Crippen molar-refractivity contribution in [1.82, 2.24) is 15.0 Å². The molecule has 0 N–H and O–H groups in total. The molecule has 0 aliphatic carbocycles. The Morgan fingerprint density at radius 1 is 0.314 bits per heavy atom. The van der Waals surface area contributed by atoms with Crippen molar-refractivity contribution >= 4 is 43.5 Å². The quantitative estimate of drug-likeness (QED) is 0.186. The van der Waals surface area contributed by atoms with Crippen LogP contribution in [0.3, 0.4) is 0 Å². The van der Waals surface area contributed by atoms with Crippen LogP contribution in [0.15, 0.2) is 180 Å². The van der Waals surface area contributed by atoms with Crippen molar-refractivity contribution in [3.63, 3.8) is 0 Å². The summed E-state index contributed by atoms with van der Waals surface area (Å²) in [6, 6.07) is 61.1. The first-order chi connectivity index (χ1) is 25.3. The first kappa shape index (κ1) is 29.0. The van der Waals surface area contributed by atoms with Crippen LogP contribution in [-0.4, -0.2) is 15.0 Å². The fourth-order valence-corrected chi connectivity index (χ4v) is 7.19. The lowest BCUT2D eigenvalue weighted by atomic mass is 9.93. The van der Waals surface area contributed by atoms with Crippen molar-refractivity contribution in [2.75, 3.05) is 0 Å². The average Bonchev–Trinajstić information content (AvgIpc) is 3.58. The van der Waals surface area contributed by atoms with Crippen molar-refractivity contribution in [3.05, 3.63) is 176 Å². The summed E-state index contributed by atoms with van der Waals surface area (Å²) in [6.45, 7) is 0. The second-order valence-corrected chi connectivity index (χ2v) is 12.8. The normalized spacial score (nSPS) is 11.5. The molecular formula is C47H29N3O. The Morgan fingerprint density at radius 2 is 0.882 bits per heavy atom. The highest BCUT2D eigenvalue weighted by Gasteiger charge is 2.21.